The van der Waals surface area contributed by atoms with Crippen LogP contribution in [0.2, 0.25) is 0 Å². The molecule has 1 aromatic heterocycles. The number of hydrogen-bond acceptors (Lipinski definition) is 5. The Morgan fingerprint density at radius 3 is 2.49 bits per heavy atom. The fourth-order valence-corrected chi connectivity index (χ4v) is 5.89. The highest BCUT2D eigenvalue weighted by molar-refractivity contribution is 7.92. The van der Waals surface area contributed by atoms with Crippen molar-refractivity contribution in [1.29, 1.82) is 0 Å². The van der Waals surface area contributed by atoms with Gasteiger partial charge in [-0.05, 0) is 55.7 Å². The van der Waals surface area contributed by atoms with E-state index >= 15 is 0 Å². The van der Waals surface area contributed by atoms with Gasteiger partial charge in [0.2, 0.25) is 0 Å². The second-order valence-electron chi connectivity index (χ2n) is 8.30. The van der Waals surface area contributed by atoms with E-state index in [0.717, 1.165) is 17.4 Å². The molecule has 0 spiro atoms. The lowest BCUT2D eigenvalue weighted by Crippen LogP contribution is -2.41. The average Bonchev–Trinajstić information content (AvgIpc) is 3.23. The van der Waals surface area contributed by atoms with Gasteiger partial charge in [-0.25, -0.2) is 8.42 Å². The summed E-state index contributed by atoms with van der Waals surface area (Å²) in [5.41, 5.74) is 7.62. The summed E-state index contributed by atoms with van der Waals surface area (Å²) in [5.74, 6) is -1.17. The Kier molecular flexibility index (Phi) is 5.78. The van der Waals surface area contributed by atoms with Crippen molar-refractivity contribution >= 4 is 38.5 Å². The van der Waals surface area contributed by atoms with Crippen LogP contribution in [0.3, 0.4) is 0 Å². The van der Waals surface area contributed by atoms with Crippen LogP contribution in [0, 0.1) is 6.92 Å². The maximum absolute atomic E-state index is 13.4. The van der Waals surface area contributed by atoms with Crippen LogP contribution in [0.25, 0.3) is 11.0 Å². The Morgan fingerprint density at radius 2 is 1.66 bits per heavy atom. The van der Waals surface area contributed by atoms with Gasteiger partial charge in [-0.1, -0.05) is 42.5 Å². The fourth-order valence-electron chi connectivity index (χ4n) is 4.31. The van der Waals surface area contributed by atoms with E-state index in [9.17, 15) is 18.0 Å². The number of hydrogen-bond donors (Lipinski definition) is 2. The third-order valence-corrected chi connectivity index (χ3v) is 7.90. The van der Waals surface area contributed by atoms with E-state index in [2.05, 4.69) is 10.9 Å². The van der Waals surface area contributed by atoms with Gasteiger partial charge < -0.3 is 4.42 Å². The first-order valence-electron chi connectivity index (χ1n) is 11.2. The van der Waals surface area contributed by atoms with Crippen molar-refractivity contribution < 1.29 is 22.4 Å². The minimum absolute atomic E-state index is 0.00121. The third kappa shape index (κ3) is 4.15. The first-order chi connectivity index (χ1) is 16.9. The molecule has 2 N–H and O–H groups in total. The van der Waals surface area contributed by atoms with Crippen molar-refractivity contribution in [2.24, 2.45) is 0 Å². The quantitative estimate of drug-likeness (QED) is 0.422. The standard InChI is InChI=1S/C26H23N3O5S/c1-17-21-12-3-5-14-23(21)34-24(17)26(31)28-27-25(30)19-9-6-11-20(16-19)35(32,33)29-15-7-10-18-8-2-4-13-22(18)29/h2-6,8-9,11-14,16H,7,10,15H2,1H3,(H,27,30)(H,28,31). The van der Waals surface area contributed by atoms with Crippen molar-refractivity contribution in [3.63, 3.8) is 0 Å². The van der Waals surface area contributed by atoms with Crippen LogP contribution in [0.5, 0.6) is 0 Å². The minimum Gasteiger partial charge on any atom is -0.451 e. The molecular weight excluding hydrogens is 466 g/mol. The summed E-state index contributed by atoms with van der Waals surface area (Å²) in [6.45, 7) is 2.12. The molecule has 8 nitrogen and oxygen atoms in total. The molecule has 0 aliphatic carbocycles. The van der Waals surface area contributed by atoms with Gasteiger partial charge in [0.05, 0.1) is 10.6 Å². The van der Waals surface area contributed by atoms with Gasteiger partial charge in [-0.15, -0.1) is 0 Å². The molecule has 1 aliphatic rings. The molecule has 3 aromatic carbocycles. The molecule has 9 heteroatoms. The third-order valence-electron chi connectivity index (χ3n) is 6.09. The predicted molar refractivity (Wildman–Crippen MR) is 132 cm³/mol. The van der Waals surface area contributed by atoms with Gasteiger partial charge in [-0.3, -0.25) is 24.7 Å². The molecule has 178 valence electrons. The van der Waals surface area contributed by atoms with Crippen LogP contribution < -0.4 is 15.2 Å². The predicted octanol–water partition coefficient (Wildman–Crippen LogP) is 3.96. The van der Waals surface area contributed by atoms with Crippen LogP contribution >= 0.6 is 0 Å². The maximum Gasteiger partial charge on any atom is 0.305 e. The highest BCUT2D eigenvalue weighted by atomic mass is 32.2. The van der Waals surface area contributed by atoms with E-state index in [1.807, 2.05) is 30.3 Å². The van der Waals surface area contributed by atoms with Gasteiger partial charge in [0, 0.05) is 23.1 Å². The van der Waals surface area contributed by atoms with Gasteiger partial charge >= 0.3 is 5.91 Å². The molecule has 0 unspecified atom stereocenters. The highest BCUT2D eigenvalue weighted by Gasteiger charge is 2.29. The van der Waals surface area contributed by atoms with Crippen molar-refractivity contribution in [2.45, 2.75) is 24.7 Å². The fraction of sp³-hybridized carbons (Fsp3) is 0.154. The molecule has 0 atom stereocenters. The highest BCUT2D eigenvalue weighted by Crippen LogP contribution is 2.32. The Labute approximate surface area is 202 Å². The zero-order valence-electron chi connectivity index (χ0n) is 18.9. The van der Waals surface area contributed by atoms with Crippen molar-refractivity contribution in [1.82, 2.24) is 10.9 Å². The van der Waals surface area contributed by atoms with Crippen LogP contribution in [0.15, 0.2) is 82.1 Å². The number of sulfonamides is 1. The van der Waals surface area contributed by atoms with E-state index in [-0.39, 0.29) is 16.2 Å². The van der Waals surface area contributed by atoms with Gasteiger partial charge in [-0.2, -0.15) is 0 Å². The number of nitrogens with zero attached hydrogens (tertiary/aromatic N) is 1. The first kappa shape index (κ1) is 22.7. The van der Waals surface area contributed by atoms with E-state index in [1.54, 1.807) is 25.1 Å². The largest absolute Gasteiger partial charge is 0.451 e. The van der Waals surface area contributed by atoms with E-state index in [4.69, 9.17) is 4.42 Å². The average molecular weight is 490 g/mol. The molecule has 4 aromatic rings. The van der Waals surface area contributed by atoms with Crippen LogP contribution in [0.4, 0.5) is 5.69 Å². The molecule has 1 aliphatic heterocycles. The molecule has 5 rings (SSSR count). The smallest absolute Gasteiger partial charge is 0.305 e. The van der Waals surface area contributed by atoms with Gasteiger partial charge in [0.15, 0.2) is 5.76 Å². The summed E-state index contributed by atoms with van der Waals surface area (Å²) in [6.07, 6.45) is 1.53. The molecule has 0 saturated carbocycles. The van der Waals surface area contributed by atoms with E-state index in [0.29, 0.717) is 29.8 Å². The number of rotatable bonds is 4. The Morgan fingerprint density at radius 1 is 0.914 bits per heavy atom. The minimum atomic E-state index is -3.88. The lowest BCUT2D eigenvalue weighted by Gasteiger charge is -2.30. The number of fused-ring (bicyclic) bond motifs is 2. The number of para-hydroxylation sites is 2. The summed E-state index contributed by atoms with van der Waals surface area (Å²) in [7, 11) is -3.88. The molecule has 2 heterocycles. The number of anilines is 1. The number of furan rings is 1. The summed E-state index contributed by atoms with van der Waals surface area (Å²) >= 11 is 0. The Balaban J connectivity index is 1.34. The SMILES string of the molecule is Cc1c(C(=O)NNC(=O)c2cccc(S(=O)(=O)N3CCCc4ccccc43)c2)oc2ccccc12. The Hall–Kier alpha value is -4.11. The van der Waals surface area contributed by atoms with Gasteiger partial charge in [0.25, 0.3) is 15.9 Å². The number of nitrogens with one attached hydrogen (secondary N) is 2. The number of carbonyl (C=O) groups excluding carboxylic acids is 2. The van der Waals surface area contributed by atoms with Crippen LogP contribution in [-0.2, 0) is 16.4 Å². The molecule has 35 heavy (non-hydrogen) atoms. The van der Waals surface area contributed by atoms with E-state index in [1.165, 1.54) is 28.6 Å². The van der Waals surface area contributed by atoms with E-state index < -0.39 is 21.8 Å². The molecule has 0 saturated heterocycles. The first-order valence-corrected chi connectivity index (χ1v) is 12.6. The summed E-state index contributed by atoms with van der Waals surface area (Å²) in [4.78, 5) is 25.3. The van der Waals surface area contributed by atoms with Crippen LogP contribution in [-0.4, -0.2) is 26.8 Å². The lowest BCUT2D eigenvalue weighted by molar-refractivity contribution is 0.0831. The normalized spacial score (nSPS) is 13.3. The number of amides is 2. The molecule has 0 bridgehead atoms. The molecular formula is C26H23N3O5S. The maximum atomic E-state index is 13.4. The lowest BCUT2D eigenvalue weighted by atomic mass is 10.0. The van der Waals surface area contributed by atoms with Crippen molar-refractivity contribution in [2.75, 3.05) is 10.8 Å². The number of aryl methyl sites for hydroxylation is 2. The second-order valence-corrected chi connectivity index (χ2v) is 10.2. The summed E-state index contributed by atoms with van der Waals surface area (Å²) < 4.78 is 33.8. The van der Waals surface area contributed by atoms with Crippen LogP contribution in [0.1, 0.15) is 38.5 Å². The zero-order valence-corrected chi connectivity index (χ0v) is 19.8. The molecule has 2 amide bonds. The topological polar surface area (TPSA) is 109 Å². The molecule has 0 fully saturated rings. The second kappa shape index (κ2) is 8.92. The number of hydrazine groups is 1. The van der Waals surface area contributed by atoms with Crippen molar-refractivity contribution in [3.8, 4) is 0 Å². The Bertz CT molecular complexity index is 1560. The van der Waals surface area contributed by atoms with Crippen molar-refractivity contribution in [3.05, 3.63) is 95.2 Å². The zero-order chi connectivity index (χ0) is 24.6. The summed E-state index contributed by atoms with van der Waals surface area (Å²) in [6, 6.07) is 20.4. The summed E-state index contributed by atoms with van der Waals surface area (Å²) in [5, 5.41) is 0.807. The van der Waals surface area contributed by atoms with Gasteiger partial charge in [0.1, 0.15) is 5.58 Å². The number of benzene rings is 3. The molecule has 0 radical (unpaired) electrons. The monoisotopic (exact) mass is 489 g/mol. The number of carbonyl (C=O) groups is 2.